The molecule has 0 aliphatic rings. The van der Waals surface area contributed by atoms with E-state index in [4.69, 9.17) is 4.52 Å². The first-order valence-corrected chi connectivity index (χ1v) is 6.40. The molecule has 2 aromatic rings. The van der Waals surface area contributed by atoms with Gasteiger partial charge in [0, 0.05) is 17.8 Å². The largest absolute Gasteiger partial charge is 0.361 e. The second-order valence-electron chi connectivity index (χ2n) is 4.68. The number of nitrogens with one attached hydrogen (secondary N) is 2. The molecule has 0 saturated carbocycles. The van der Waals surface area contributed by atoms with Crippen LogP contribution in [0.5, 0.6) is 0 Å². The summed E-state index contributed by atoms with van der Waals surface area (Å²) in [5.41, 5.74) is 1.28. The van der Waals surface area contributed by atoms with Crippen molar-refractivity contribution < 1.29 is 9.32 Å². The Morgan fingerprint density at radius 2 is 2.32 bits per heavy atom. The third-order valence-electron chi connectivity index (χ3n) is 2.95. The molecule has 0 aromatic carbocycles. The zero-order valence-electron chi connectivity index (χ0n) is 11.4. The van der Waals surface area contributed by atoms with E-state index in [0.717, 1.165) is 18.5 Å². The van der Waals surface area contributed by atoms with Crippen molar-refractivity contribution in [1.29, 1.82) is 0 Å². The Morgan fingerprint density at radius 3 is 2.95 bits per heavy atom. The fraction of sp³-hybridized carbons (Fsp3) is 0.462. The zero-order chi connectivity index (χ0) is 13.8. The maximum Gasteiger partial charge on any atom is 0.279 e. The number of nitrogens with zero attached hydrogens (tertiary/aromatic N) is 2. The van der Waals surface area contributed by atoms with E-state index in [1.54, 1.807) is 13.0 Å². The van der Waals surface area contributed by atoms with Crippen LogP contribution in [-0.4, -0.2) is 21.3 Å². The quantitative estimate of drug-likeness (QED) is 0.867. The van der Waals surface area contributed by atoms with Crippen LogP contribution in [0.4, 0.5) is 5.82 Å². The van der Waals surface area contributed by atoms with Gasteiger partial charge in [-0.15, -0.1) is 0 Å². The van der Waals surface area contributed by atoms with Gasteiger partial charge in [0.05, 0.1) is 0 Å². The van der Waals surface area contributed by atoms with Crippen LogP contribution in [0.25, 0.3) is 0 Å². The van der Waals surface area contributed by atoms with E-state index in [1.165, 1.54) is 0 Å². The molecule has 0 fully saturated rings. The molecule has 0 unspecified atom stereocenters. The number of hydrogen-bond acceptors (Lipinski definition) is 4. The molecule has 1 amide bonds. The molecule has 6 nitrogen and oxygen atoms in total. The Bertz CT molecular complexity index is 558. The maximum atomic E-state index is 11.8. The molecule has 0 aliphatic carbocycles. The Morgan fingerprint density at radius 1 is 1.53 bits per heavy atom. The van der Waals surface area contributed by atoms with E-state index in [2.05, 4.69) is 34.5 Å². The van der Waals surface area contributed by atoms with Crippen LogP contribution in [0.3, 0.4) is 0 Å². The first-order valence-electron chi connectivity index (χ1n) is 6.40. The van der Waals surface area contributed by atoms with Crippen LogP contribution >= 0.6 is 0 Å². The molecule has 6 heteroatoms. The third kappa shape index (κ3) is 3.21. The number of H-pyrrole nitrogens is 1. The smallest absolute Gasteiger partial charge is 0.279 e. The number of aryl methyl sites for hydroxylation is 1. The van der Waals surface area contributed by atoms with Crippen LogP contribution in [0, 0.1) is 6.92 Å². The summed E-state index contributed by atoms with van der Waals surface area (Å²) in [6.45, 7) is 6.01. The van der Waals surface area contributed by atoms with Crippen LogP contribution in [0.1, 0.15) is 54.5 Å². The van der Waals surface area contributed by atoms with E-state index in [1.807, 2.05) is 6.07 Å². The topological polar surface area (TPSA) is 83.8 Å². The monoisotopic (exact) mass is 262 g/mol. The van der Waals surface area contributed by atoms with Crippen LogP contribution in [0.2, 0.25) is 0 Å². The predicted octanol–water partition coefficient (Wildman–Crippen LogP) is 2.86. The van der Waals surface area contributed by atoms with Gasteiger partial charge in [-0.1, -0.05) is 25.4 Å². The normalized spacial score (nSPS) is 12.4. The fourth-order valence-corrected chi connectivity index (χ4v) is 1.90. The van der Waals surface area contributed by atoms with E-state index < -0.39 is 0 Å². The molecule has 102 valence electrons. The number of anilines is 1. The number of carbonyl (C=O) groups excluding carboxylic acids is 1. The Hall–Kier alpha value is -2.11. The average molecular weight is 262 g/mol. The highest BCUT2D eigenvalue weighted by molar-refractivity contribution is 6.02. The maximum absolute atomic E-state index is 11.8. The lowest BCUT2D eigenvalue weighted by Crippen LogP contribution is -2.12. The van der Waals surface area contributed by atoms with Crippen LogP contribution in [-0.2, 0) is 0 Å². The Balaban J connectivity index is 2.02. The summed E-state index contributed by atoms with van der Waals surface area (Å²) in [5.74, 6) is 1.18. The first kappa shape index (κ1) is 13.3. The van der Waals surface area contributed by atoms with E-state index >= 15 is 0 Å². The number of rotatable bonds is 5. The van der Waals surface area contributed by atoms with Crippen molar-refractivity contribution in [1.82, 2.24) is 15.4 Å². The van der Waals surface area contributed by atoms with E-state index in [0.29, 0.717) is 17.5 Å². The van der Waals surface area contributed by atoms with Gasteiger partial charge in [-0.3, -0.25) is 9.89 Å². The fourth-order valence-electron chi connectivity index (χ4n) is 1.90. The van der Waals surface area contributed by atoms with Crippen molar-refractivity contribution in [3.8, 4) is 0 Å². The second-order valence-corrected chi connectivity index (χ2v) is 4.68. The van der Waals surface area contributed by atoms with Crippen LogP contribution in [0.15, 0.2) is 16.7 Å². The number of aromatic amines is 1. The standard InChI is InChI=1S/C13H18N4O2/c1-4-5-8(2)10-7-12(16-15-10)14-13(18)11-6-9(3)19-17-11/h6-8H,4-5H2,1-3H3,(H2,14,15,16,18)/t8-/m1/s1. The van der Waals surface area contributed by atoms with Crippen molar-refractivity contribution in [2.45, 2.75) is 39.5 Å². The summed E-state index contributed by atoms with van der Waals surface area (Å²) in [7, 11) is 0. The van der Waals surface area contributed by atoms with Crippen molar-refractivity contribution in [2.24, 2.45) is 0 Å². The minimum absolute atomic E-state index is 0.253. The molecular weight excluding hydrogens is 244 g/mol. The molecule has 0 saturated heterocycles. The summed E-state index contributed by atoms with van der Waals surface area (Å²) in [4.78, 5) is 11.8. The molecule has 0 radical (unpaired) electrons. The lowest BCUT2D eigenvalue weighted by Gasteiger charge is -2.05. The molecule has 0 aliphatic heterocycles. The van der Waals surface area contributed by atoms with Crippen LogP contribution < -0.4 is 5.32 Å². The van der Waals surface area contributed by atoms with Gasteiger partial charge in [0.15, 0.2) is 11.5 Å². The highest BCUT2D eigenvalue weighted by Gasteiger charge is 2.14. The van der Waals surface area contributed by atoms with Gasteiger partial charge >= 0.3 is 0 Å². The van der Waals surface area contributed by atoms with Gasteiger partial charge in [-0.05, 0) is 19.3 Å². The van der Waals surface area contributed by atoms with Gasteiger partial charge in [0.1, 0.15) is 5.76 Å². The molecule has 2 aromatic heterocycles. The molecule has 0 spiro atoms. The summed E-state index contributed by atoms with van der Waals surface area (Å²) < 4.78 is 4.86. The Kier molecular flexibility index (Phi) is 3.99. The van der Waals surface area contributed by atoms with Gasteiger partial charge in [0.2, 0.25) is 0 Å². The summed E-state index contributed by atoms with van der Waals surface area (Å²) in [5, 5.41) is 13.4. The molecule has 2 N–H and O–H groups in total. The second kappa shape index (κ2) is 5.69. The number of carbonyl (C=O) groups is 1. The van der Waals surface area contributed by atoms with Gasteiger partial charge < -0.3 is 9.84 Å². The minimum atomic E-state index is -0.321. The minimum Gasteiger partial charge on any atom is -0.361 e. The molecule has 19 heavy (non-hydrogen) atoms. The summed E-state index contributed by atoms with van der Waals surface area (Å²) in [6.07, 6.45) is 2.19. The average Bonchev–Trinajstić information content (AvgIpc) is 2.98. The lowest BCUT2D eigenvalue weighted by molar-refractivity contribution is 0.101. The summed E-state index contributed by atoms with van der Waals surface area (Å²) >= 11 is 0. The zero-order valence-corrected chi connectivity index (χ0v) is 11.4. The third-order valence-corrected chi connectivity index (χ3v) is 2.95. The van der Waals surface area contributed by atoms with Crippen molar-refractivity contribution in [2.75, 3.05) is 5.32 Å². The predicted molar refractivity (Wildman–Crippen MR) is 71.1 cm³/mol. The SMILES string of the molecule is CCC[C@@H](C)c1cc(NC(=O)c2cc(C)on2)n[nH]1. The highest BCUT2D eigenvalue weighted by atomic mass is 16.5. The van der Waals surface area contributed by atoms with Gasteiger partial charge in [0.25, 0.3) is 5.91 Å². The first-order chi connectivity index (χ1) is 9.10. The van der Waals surface area contributed by atoms with Gasteiger partial charge in [-0.25, -0.2) is 0 Å². The molecular formula is C13H18N4O2. The number of amides is 1. The van der Waals surface area contributed by atoms with Crippen molar-refractivity contribution in [3.63, 3.8) is 0 Å². The van der Waals surface area contributed by atoms with Crippen molar-refractivity contribution >= 4 is 11.7 Å². The highest BCUT2D eigenvalue weighted by Crippen LogP contribution is 2.20. The van der Waals surface area contributed by atoms with Gasteiger partial charge in [-0.2, -0.15) is 5.10 Å². The summed E-state index contributed by atoms with van der Waals surface area (Å²) in [6, 6.07) is 3.44. The van der Waals surface area contributed by atoms with E-state index in [9.17, 15) is 4.79 Å². The molecule has 2 rings (SSSR count). The molecule has 1 atom stereocenters. The van der Waals surface area contributed by atoms with E-state index in [-0.39, 0.29) is 11.6 Å². The lowest BCUT2D eigenvalue weighted by atomic mass is 10.0. The van der Waals surface area contributed by atoms with Crippen molar-refractivity contribution in [3.05, 3.63) is 29.3 Å². The molecule has 2 heterocycles. The number of hydrogen-bond donors (Lipinski definition) is 2. The molecule has 0 bridgehead atoms. The Labute approximate surface area is 111 Å². The number of aromatic nitrogens is 3.